The van der Waals surface area contributed by atoms with Gasteiger partial charge < -0.3 is 5.32 Å². The van der Waals surface area contributed by atoms with Gasteiger partial charge in [-0.25, -0.2) is 0 Å². The average Bonchev–Trinajstić information content (AvgIpc) is 2.28. The van der Waals surface area contributed by atoms with E-state index in [1.807, 2.05) is 0 Å². The molecule has 0 fully saturated rings. The van der Waals surface area contributed by atoms with Crippen LogP contribution in [-0.2, 0) is 6.42 Å². The lowest BCUT2D eigenvalue weighted by molar-refractivity contribution is 0.361. The molecule has 0 saturated carbocycles. The minimum absolute atomic E-state index is 0.675. The maximum atomic E-state index is 3.73. The third kappa shape index (κ3) is 6.80. The monoisotopic (exact) mass is 247 g/mol. The molecule has 1 rings (SSSR count). The van der Waals surface area contributed by atoms with Gasteiger partial charge in [0.2, 0.25) is 0 Å². The summed E-state index contributed by atoms with van der Waals surface area (Å²) in [6.07, 6.45) is 3.70. The first-order chi connectivity index (χ1) is 8.58. The zero-order chi connectivity index (χ0) is 13.4. The molecule has 0 atom stereocenters. The number of hydrogen-bond donors (Lipinski definition) is 1. The van der Waals surface area contributed by atoms with E-state index in [-0.39, 0.29) is 0 Å². The van der Waals surface area contributed by atoms with Gasteiger partial charge in [0.1, 0.15) is 0 Å². The van der Waals surface area contributed by atoms with Crippen LogP contribution in [0.4, 0.5) is 0 Å². The second-order valence-corrected chi connectivity index (χ2v) is 6.15. The van der Waals surface area contributed by atoms with Gasteiger partial charge in [0, 0.05) is 6.04 Å². The first-order valence-electron chi connectivity index (χ1n) is 7.35. The highest BCUT2D eigenvalue weighted by atomic mass is 14.9. The summed E-state index contributed by atoms with van der Waals surface area (Å²) in [7, 11) is 0. The van der Waals surface area contributed by atoms with Crippen LogP contribution in [0.1, 0.15) is 46.1 Å². The Balaban J connectivity index is 2.32. The van der Waals surface area contributed by atoms with Crippen LogP contribution in [0, 0.1) is 11.8 Å². The van der Waals surface area contributed by atoms with E-state index in [1.165, 1.54) is 18.4 Å². The lowest BCUT2D eigenvalue weighted by Crippen LogP contribution is -2.33. The normalized spacial score (nSPS) is 11.7. The molecule has 0 radical (unpaired) electrons. The van der Waals surface area contributed by atoms with Gasteiger partial charge in [0.15, 0.2) is 0 Å². The first kappa shape index (κ1) is 15.2. The fourth-order valence-corrected chi connectivity index (χ4v) is 2.47. The van der Waals surface area contributed by atoms with Crippen molar-refractivity contribution in [1.82, 2.24) is 5.32 Å². The van der Waals surface area contributed by atoms with Crippen molar-refractivity contribution in [2.24, 2.45) is 11.8 Å². The molecule has 1 N–H and O–H groups in total. The molecule has 0 aliphatic carbocycles. The summed E-state index contributed by atoms with van der Waals surface area (Å²) in [6.45, 7) is 10.3. The van der Waals surface area contributed by atoms with E-state index in [0.29, 0.717) is 6.04 Å². The molecule has 0 amide bonds. The van der Waals surface area contributed by atoms with Crippen LogP contribution < -0.4 is 5.32 Å². The Morgan fingerprint density at radius 3 is 1.94 bits per heavy atom. The molecule has 0 heterocycles. The van der Waals surface area contributed by atoms with E-state index < -0.39 is 0 Å². The quantitative estimate of drug-likeness (QED) is 0.723. The van der Waals surface area contributed by atoms with Crippen LogP contribution >= 0.6 is 0 Å². The van der Waals surface area contributed by atoms with Crippen LogP contribution in [0.3, 0.4) is 0 Å². The maximum absolute atomic E-state index is 3.73. The van der Waals surface area contributed by atoms with E-state index in [1.54, 1.807) is 0 Å². The Morgan fingerprint density at radius 2 is 1.44 bits per heavy atom. The number of benzene rings is 1. The molecule has 1 aromatic rings. The van der Waals surface area contributed by atoms with Crippen molar-refractivity contribution in [2.45, 2.75) is 53.0 Å². The largest absolute Gasteiger partial charge is 0.314 e. The van der Waals surface area contributed by atoms with Gasteiger partial charge in [0.05, 0.1) is 0 Å². The predicted octanol–water partition coefficient (Wildman–Crippen LogP) is 4.28. The van der Waals surface area contributed by atoms with Crippen molar-refractivity contribution in [1.29, 1.82) is 0 Å². The number of rotatable bonds is 8. The van der Waals surface area contributed by atoms with Gasteiger partial charge in [-0.1, -0.05) is 58.0 Å². The average molecular weight is 247 g/mol. The lowest BCUT2D eigenvalue weighted by Gasteiger charge is -2.22. The molecule has 1 nitrogen and oxygen atoms in total. The molecule has 0 aliphatic rings. The molecule has 102 valence electrons. The third-order valence-corrected chi connectivity index (χ3v) is 3.20. The van der Waals surface area contributed by atoms with Gasteiger partial charge in [0.25, 0.3) is 0 Å². The molecular weight excluding hydrogens is 218 g/mol. The van der Waals surface area contributed by atoms with E-state index in [4.69, 9.17) is 0 Å². The molecule has 18 heavy (non-hydrogen) atoms. The molecular formula is C17H29N. The van der Waals surface area contributed by atoms with Gasteiger partial charge in [-0.2, -0.15) is 0 Å². The minimum atomic E-state index is 0.675. The van der Waals surface area contributed by atoms with Crippen LogP contribution in [0.25, 0.3) is 0 Å². The van der Waals surface area contributed by atoms with Gasteiger partial charge in [-0.15, -0.1) is 0 Å². The molecule has 0 aromatic heterocycles. The highest BCUT2D eigenvalue weighted by Gasteiger charge is 2.11. The molecule has 0 saturated heterocycles. The fraction of sp³-hybridized carbons (Fsp3) is 0.647. The van der Waals surface area contributed by atoms with Gasteiger partial charge in [-0.05, 0) is 43.2 Å². The number of nitrogens with one attached hydrogen (secondary N) is 1. The Bertz CT molecular complexity index is 293. The SMILES string of the molecule is CC(C)CC(CC(C)C)NCCc1ccccc1. The molecule has 0 bridgehead atoms. The van der Waals surface area contributed by atoms with Gasteiger partial charge in [-0.3, -0.25) is 0 Å². The summed E-state index contributed by atoms with van der Waals surface area (Å²) in [5, 5.41) is 3.73. The molecule has 0 spiro atoms. The molecule has 0 unspecified atom stereocenters. The first-order valence-corrected chi connectivity index (χ1v) is 7.35. The summed E-state index contributed by atoms with van der Waals surface area (Å²) < 4.78 is 0. The summed E-state index contributed by atoms with van der Waals surface area (Å²) >= 11 is 0. The summed E-state index contributed by atoms with van der Waals surface area (Å²) in [6, 6.07) is 11.4. The van der Waals surface area contributed by atoms with Crippen LogP contribution in [-0.4, -0.2) is 12.6 Å². The molecule has 1 heteroatoms. The lowest BCUT2D eigenvalue weighted by atomic mass is 9.95. The second kappa shape index (κ2) is 8.31. The zero-order valence-corrected chi connectivity index (χ0v) is 12.4. The summed E-state index contributed by atoms with van der Waals surface area (Å²) in [5.74, 6) is 1.55. The van der Waals surface area contributed by atoms with Crippen molar-refractivity contribution in [2.75, 3.05) is 6.54 Å². The van der Waals surface area contributed by atoms with E-state index in [9.17, 15) is 0 Å². The molecule has 1 aromatic carbocycles. The topological polar surface area (TPSA) is 12.0 Å². The minimum Gasteiger partial charge on any atom is -0.314 e. The zero-order valence-electron chi connectivity index (χ0n) is 12.4. The predicted molar refractivity (Wildman–Crippen MR) is 80.8 cm³/mol. The van der Waals surface area contributed by atoms with E-state index in [2.05, 4.69) is 63.3 Å². The summed E-state index contributed by atoms with van der Waals surface area (Å²) in [5.41, 5.74) is 1.43. The standard InChI is InChI=1S/C17H29N/c1-14(2)12-17(13-15(3)4)18-11-10-16-8-6-5-7-9-16/h5-9,14-15,17-18H,10-13H2,1-4H3. The van der Waals surface area contributed by atoms with Crippen molar-refractivity contribution in [3.8, 4) is 0 Å². The van der Waals surface area contributed by atoms with E-state index >= 15 is 0 Å². The Morgan fingerprint density at radius 1 is 0.889 bits per heavy atom. The fourth-order valence-electron chi connectivity index (χ4n) is 2.47. The second-order valence-electron chi connectivity index (χ2n) is 6.15. The highest BCUT2D eigenvalue weighted by molar-refractivity contribution is 5.14. The van der Waals surface area contributed by atoms with Gasteiger partial charge >= 0.3 is 0 Å². The smallest absolute Gasteiger partial charge is 0.00720 e. The van der Waals surface area contributed by atoms with Crippen molar-refractivity contribution >= 4 is 0 Å². The van der Waals surface area contributed by atoms with Crippen molar-refractivity contribution < 1.29 is 0 Å². The van der Waals surface area contributed by atoms with Crippen LogP contribution in [0.5, 0.6) is 0 Å². The van der Waals surface area contributed by atoms with Crippen molar-refractivity contribution in [3.05, 3.63) is 35.9 Å². The van der Waals surface area contributed by atoms with Crippen LogP contribution in [0.2, 0.25) is 0 Å². The number of hydrogen-bond acceptors (Lipinski definition) is 1. The Kier molecular flexibility index (Phi) is 7.04. The molecule has 0 aliphatic heterocycles. The van der Waals surface area contributed by atoms with Crippen LogP contribution in [0.15, 0.2) is 30.3 Å². The Hall–Kier alpha value is -0.820. The Labute approximate surface area is 113 Å². The summed E-state index contributed by atoms with van der Waals surface area (Å²) in [4.78, 5) is 0. The highest BCUT2D eigenvalue weighted by Crippen LogP contribution is 2.13. The third-order valence-electron chi connectivity index (χ3n) is 3.20. The van der Waals surface area contributed by atoms with E-state index in [0.717, 1.165) is 24.8 Å². The maximum Gasteiger partial charge on any atom is 0.00720 e. The van der Waals surface area contributed by atoms with Crippen molar-refractivity contribution in [3.63, 3.8) is 0 Å².